The van der Waals surface area contributed by atoms with Gasteiger partial charge in [-0.3, -0.25) is 9.59 Å². The molecule has 1 atom stereocenters. The molecule has 2 amide bonds. The van der Waals surface area contributed by atoms with Crippen molar-refractivity contribution < 1.29 is 14.3 Å². The number of hydrogen-bond acceptors (Lipinski definition) is 3. The molecule has 1 rings (SSSR count). The number of rotatable bonds is 5. The van der Waals surface area contributed by atoms with E-state index in [0.29, 0.717) is 18.0 Å². The molecule has 0 radical (unpaired) electrons. The normalized spacial score (nSPS) is 11.5. The number of anilines is 1. The van der Waals surface area contributed by atoms with Gasteiger partial charge in [0.2, 0.25) is 11.8 Å². The van der Waals surface area contributed by atoms with Crippen LogP contribution in [0.5, 0.6) is 5.75 Å². The summed E-state index contributed by atoms with van der Waals surface area (Å²) in [4.78, 5) is 22.6. The maximum absolute atomic E-state index is 11.8. The first-order valence-electron chi connectivity index (χ1n) is 5.83. The summed E-state index contributed by atoms with van der Waals surface area (Å²) in [5.74, 6) is 0.196. The molecule has 98 valence electrons. The fourth-order valence-corrected chi connectivity index (χ4v) is 1.45. The van der Waals surface area contributed by atoms with Crippen LogP contribution in [0.25, 0.3) is 0 Å². The highest BCUT2D eigenvalue weighted by atomic mass is 16.5. The minimum atomic E-state index is -0.571. The Labute approximate surface area is 107 Å². The van der Waals surface area contributed by atoms with Crippen LogP contribution in [0.2, 0.25) is 0 Å². The third-order valence-corrected chi connectivity index (χ3v) is 2.23. The van der Waals surface area contributed by atoms with Gasteiger partial charge in [0.05, 0.1) is 6.61 Å². The first-order valence-corrected chi connectivity index (χ1v) is 5.83. The standard InChI is InChI=1S/C13H18N2O3/c1-4-18-12-7-5-6-11(8-12)15-13(17)9(2)14-10(3)16/h5-9H,4H2,1-3H3,(H,14,16)(H,15,17). The Morgan fingerprint density at radius 1 is 1.39 bits per heavy atom. The summed E-state index contributed by atoms with van der Waals surface area (Å²) >= 11 is 0. The molecule has 0 aliphatic carbocycles. The average molecular weight is 250 g/mol. The Morgan fingerprint density at radius 3 is 2.72 bits per heavy atom. The van der Waals surface area contributed by atoms with Crippen molar-refractivity contribution in [2.45, 2.75) is 26.8 Å². The molecule has 1 aromatic carbocycles. The van der Waals surface area contributed by atoms with E-state index in [2.05, 4.69) is 10.6 Å². The van der Waals surface area contributed by atoms with E-state index in [9.17, 15) is 9.59 Å². The topological polar surface area (TPSA) is 67.4 Å². The van der Waals surface area contributed by atoms with Gasteiger partial charge in [-0.1, -0.05) is 6.07 Å². The van der Waals surface area contributed by atoms with Gasteiger partial charge in [-0.25, -0.2) is 0 Å². The fraction of sp³-hybridized carbons (Fsp3) is 0.385. The molecule has 5 heteroatoms. The first kappa shape index (κ1) is 14.0. The second kappa shape index (κ2) is 6.64. The van der Waals surface area contributed by atoms with Crippen molar-refractivity contribution in [1.29, 1.82) is 0 Å². The van der Waals surface area contributed by atoms with Gasteiger partial charge in [0, 0.05) is 18.7 Å². The van der Waals surface area contributed by atoms with E-state index in [-0.39, 0.29) is 11.8 Å². The number of amides is 2. The molecule has 0 aliphatic rings. The van der Waals surface area contributed by atoms with Crippen molar-refractivity contribution in [3.05, 3.63) is 24.3 Å². The number of carbonyl (C=O) groups is 2. The van der Waals surface area contributed by atoms with Crippen molar-refractivity contribution in [3.8, 4) is 5.75 Å². The zero-order chi connectivity index (χ0) is 13.5. The number of benzene rings is 1. The predicted octanol–water partition coefficient (Wildman–Crippen LogP) is 1.55. The quantitative estimate of drug-likeness (QED) is 0.833. The van der Waals surface area contributed by atoms with Crippen LogP contribution in [-0.2, 0) is 9.59 Å². The Balaban J connectivity index is 2.63. The molecule has 0 bridgehead atoms. The molecule has 0 saturated heterocycles. The molecule has 0 fully saturated rings. The van der Waals surface area contributed by atoms with Crippen LogP contribution >= 0.6 is 0 Å². The van der Waals surface area contributed by atoms with Gasteiger partial charge in [0.1, 0.15) is 11.8 Å². The van der Waals surface area contributed by atoms with E-state index in [0.717, 1.165) is 0 Å². The van der Waals surface area contributed by atoms with Crippen molar-refractivity contribution >= 4 is 17.5 Å². The largest absolute Gasteiger partial charge is 0.494 e. The van der Waals surface area contributed by atoms with E-state index in [1.54, 1.807) is 25.1 Å². The Morgan fingerprint density at radius 2 is 2.11 bits per heavy atom. The molecule has 0 spiro atoms. The van der Waals surface area contributed by atoms with Crippen LogP contribution in [0.4, 0.5) is 5.69 Å². The van der Waals surface area contributed by atoms with Gasteiger partial charge in [0.15, 0.2) is 0 Å². The van der Waals surface area contributed by atoms with Crippen LogP contribution in [0.15, 0.2) is 24.3 Å². The third-order valence-electron chi connectivity index (χ3n) is 2.23. The molecule has 18 heavy (non-hydrogen) atoms. The van der Waals surface area contributed by atoms with Gasteiger partial charge < -0.3 is 15.4 Å². The minimum absolute atomic E-state index is 0.235. The molecule has 5 nitrogen and oxygen atoms in total. The lowest BCUT2D eigenvalue weighted by atomic mass is 10.2. The number of nitrogens with one attached hydrogen (secondary N) is 2. The van der Waals surface area contributed by atoms with Crippen LogP contribution < -0.4 is 15.4 Å². The van der Waals surface area contributed by atoms with Crippen molar-refractivity contribution in [3.63, 3.8) is 0 Å². The van der Waals surface area contributed by atoms with Gasteiger partial charge in [-0.2, -0.15) is 0 Å². The van der Waals surface area contributed by atoms with Crippen LogP contribution in [0, 0.1) is 0 Å². The second-order valence-electron chi connectivity index (χ2n) is 3.87. The summed E-state index contributed by atoms with van der Waals surface area (Å²) < 4.78 is 5.33. The van der Waals surface area contributed by atoms with E-state index in [1.807, 2.05) is 13.0 Å². The molecule has 0 aliphatic heterocycles. The smallest absolute Gasteiger partial charge is 0.246 e. The summed E-state index contributed by atoms with van der Waals surface area (Å²) in [6, 6.07) is 6.54. The second-order valence-corrected chi connectivity index (χ2v) is 3.87. The van der Waals surface area contributed by atoms with Gasteiger partial charge in [-0.15, -0.1) is 0 Å². The zero-order valence-electron chi connectivity index (χ0n) is 10.8. The summed E-state index contributed by atoms with van der Waals surface area (Å²) in [5, 5.41) is 5.23. The fourth-order valence-electron chi connectivity index (χ4n) is 1.45. The molecular weight excluding hydrogens is 232 g/mol. The lowest BCUT2D eigenvalue weighted by Gasteiger charge is -2.13. The minimum Gasteiger partial charge on any atom is -0.494 e. The lowest BCUT2D eigenvalue weighted by molar-refractivity contribution is -0.124. The van der Waals surface area contributed by atoms with Crippen LogP contribution in [-0.4, -0.2) is 24.5 Å². The number of carbonyl (C=O) groups excluding carboxylic acids is 2. The predicted molar refractivity (Wildman–Crippen MR) is 69.5 cm³/mol. The Kier molecular flexibility index (Phi) is 5.17. The first-order chi connectivity index (χ1) is 8.52. The highest BCUT2D eigenvalue weighted by molar-refractivity contribution is 5.96. The molecule has 0 aromatic heterocycles. The van der Waals surface area contributed by atoms with Gasteiger partial charge >= 0.3 is 0 Å². The maximum atomic E-state index is 11.8. The number of hydrogen-bond donors (Lipinski definition) is 2. The zero-order valence-corrected chi connectivity index (χ0v) is 10.8. The Hall–Kier alpha value is -2.04. The summed E-state index contributed by atoms with van der Waals surface area (Å²) in [6.07, 6.45) is 0. The molecule has 2 N–H and O–H groups in total. The van der Waals surface area contributed by atoms with Crippen molar-refractivity contribution in [2.24, 2.45) is 0 Å². The van der Waals surface area contributed by atoms with Crippen molar-refractivity contribution in [1.82, 2.24) is 5.32 Å². The monoisotopic (exact) mass is 250 g/mol. The summed E-state index contributed by atoms with van der Waals surface area (Å²) in [6.45, 7) is 5.46. The highest BCUT2D eigenvalue weighted by Gasteiger charge is 2.13. The SMILES string of the molecule is CCOc1cccc(NC(=O)C(C)NC(C)=O)c1. The van der Waals surface area contributed by atoms with Crippen LogP contribution in [0.3, 0.4) is 0 Å². The van der Waals surface area contributed by atoms with E-state index in [4.69, 9.17) is 4.74 Å². The molecule has 1 aromatic rings. The molecular formula is C13H18N2O3. The van der Waals surface area contributed by atoms with Crippen LogP contribution in [0.1, 0.15) is 20.8 Å². The third kappa shape index (κ3) is 4.45. The average Bonchev–Trinajstić information content (AvgIpc) is 2.29. The highest BCUT2D eigenvalue weighted by Crippen LogP contribution is 2.17. The van der Waals surface area contributed by atoms with E-state index < -0.39 is 6.04 Å². The number of ether oxygens (including phenoxy) is 1. The lowest BCUT2D eigenvalue weighted by Crippen LogP contribution is -2.40. The summed E-state index contributed by atoms with van der Waals surface area (Å²) in [5.41, 5.74) is 0.642. The maximum Gasteiger partial charge on any atom is 0.246 e. The molecule has 0 saturated carbocycles. The van der Waals surface area contributed by atoms with E-state index in [1.165, 1.54) is 6.92 Å². The van der Waals surface area contributed by atoms with Crippen molar-refractivity contribution in [2.75, 3.05) is 11.9 Å². The molecule has 0 heterocycles. The van der Waals surface area contributed by atoms with Gasteiger partial charge in [0.25, 0.3) is 0 Å². The van der Waals surface area contributed by atoms with Gasteiger partial charge in [-0.05, 0) is 26.0 Å². The summed E-state index contributed by atoms with van der Waals surface area (Å²) in [7, 11) is 0. The Bertz CT molecular complexity index is 432. The molecule has 1 unspecified atom stereocenters. The van der Waals surface area contributed by atoms with E-state index >= 15 is 0 Å².